The molecule has 0 saturated heterocycles. The summed E-state index contributed by atoms with van der Waals surface area (Å²) in [5.41, 5.74) is 0. The van der Waals surface area contributed by atoms with Gasteiger partial charge in [-0.3, -0.25) is 9.59 Å². The minimum atomic E-state index is -0.665. The number of esters is 1. The normalized spacial score (nSPS) is 12.6. The Labute approximate surface area is 475 Å². The van der Waals surface area contributed by atoms with Crippen molar-refractivity contribution in [1.82, 2.24) is 5.32 Å². The summed E-state index contributed by atoms with van der Waals surface area (Å²) in [6.45, 7) is 4.97. The Hall–Kier alpha value is -1.66. The van der Waals surface area contributed by atoms with Crippen LogP contribution in [0, 0.1) is 0 Å². The number of carbonyl (C=O) groups excluding carboxylic acids is 2. The van der Waals surface area contributed by atoms with Gasteiger partial charge < -0.3 is 20.3 Å². The second-order valence-electron chi connectivity index (χ2n) is 23.9. The Morgan fingerprint density at radius 2 is 0.618 bits per heavy atom. The van der Waals surface area contributed by atoms with E-state index >= 15 is 0 Å². The van der Waals surface area contributed by atoms with Crippen LogP contribution in [0.4, 0.5) is 0 Å². The Balaban J connectivity index is 3.38. The molecule has 0 aromatic rings. The highest BCUT2D eigenvalue weighted by atomic mass is 16.5. The zero-order valence-corrected chi connectivity index (χ0v) is 51.5. The maximum absolute atomic E-state index is 12.5. The topological polar surface area (TPSA) is 95.9 Å². The molecule has 2 unspecified atom stereocenters. The van der Waals surface area contributed by atoms with Crippen LogP contribution in [0.2, 0.25) is 0 Å². The van der Waals surface area contributed by atoms with E-state index in [2.05, 4.69) is 43.5 Å². The molecule has 6 nitrogen and oxygen atoms in total. The third-order valence-corrected chi connectivity index (χ3v) is 16.2. The van der Waals surface area contributed by atoms with Crippen molar-refractivity contribution in [3.63, 3.8) is 0 Å². The lowest BCUT2D eigenvalue weighted by atomic mass is 10.0. The van der Waals surface area contributed by atoms with E-state index in [1.165, 1.54) is 308 Å². The Bertz CT molecular complexity index is 1190. The summed E-state index contributed by atoms with van der Waals surface area (Å²) in [6, 6.07) is -0.542. The summed E-state index contributed by atoms with van der Waals surface area (Å²) in [5.74, 6) is -0.0251. The second-order valence-corrected chi connectivity index (χ2v) is 23.9. The first-order valence-corrected chi connectivity index (χ1v) is 34.6. The fraction of sp³-hybridized carbons (Fsp3) is 0.914. The molecule has 76 heavy (non-hydrogen) atoms. The maximum atomic E-state index is 12.5. The van der Waals surface area contributed by atoms with Gasteiger partial charge in [0.2, 0.25) is 5.91 Å². The number of allylic oxidation sites excluding steroid dienone is 4. The van der Waals surface area contributed by atoms with Crippen molar-refractivity contribution in [3.8, 4) is 0 Å². The molecular weight excluding hydrogens is 935 g/mol. The molecule has 3 N–H and O–H groups in total. The van der Waals surface area contributed by atoms with Crippen molar-refractivity contribution >= 4 is 11.9 Å². The summed E-state index contributed by atoms with van der Waals surface area (Å²) in [4.78, 5) is 24.6. The number of aliphatic hydroxyl groups excluding tert-OH is 2. The molecule has 0 aliphatic heterocycles. The maximum Gasteiger partial charge on any atom is 0.305 e. The van der Waals surface area contributed by atoms with Gasteiger partial charge in [0.1, 0.15) is 0 Å². The van der Waals surface area contributed by atoms with E-state index in [1.807, 2.05) is 0 Å². The number of hydrogen-bond donors (Lipinski definition) is 3. The van der Waals surface area contributed by atoms with Crippen LogP contribution in [-0.4, -0.2) is 47.4 Å². The quantitative estimate of drug-likeness (QED) is 0.0320. The molecule has 0 rings (SSSR count). The van der Waals surface area contributed by atoms with Gasteiger partial charge in [0.25, 0.3) is 0 Å². The lowest BCUT2D eigenvalue weighted by Gasteiger charge is -2.22. The van der Waals surface area contributed by atoms with E-state index in [0.717, 1.165) is 44.9 Å². The van der Waals surface area contributed by atoms with Crippen LogP contribution < -0.4 is 5.32 Å². The van der Waals surface area contributed by atoms with E-state index in [1.54, 1.807) is 0 Å². The van der Waals surface area contributed by atoms with Crippen LogP contribution >= 0.6 is 0 Å². The van der Waals surface area contributed by atoms with Crippen LogP contribution in [0.1, 0.15) is 386 Å². The van der Waals surface area contributed by atoms with E-state index in [-0.39, 0.29) is 18.5 Å². The highest BCUT2D eigenvalue weighted by Crippen LogP contribution is 2.18. The van der Waals surface area contributed by atoms with Crippen LogP contribution in [-0.2, 0) is 14.3 Å². The second kappa shape index (κ2) is 65.9. The number of nitrogens with one attached hydrogen (secondary N) is 1. The van der Waals surface area contributed by atoms with Crippen LogP contribution in [0.5, 0.6) is 0 Å². The Kier molecular flexibility index (Phi) is 64.4. The van der Waals surface area contributed by atoms with Crippen LogP contribution in [0.25, 0.3) is 0 Å². The molecule has 0 aromatic heterocycles. The summed E-state index contributed by atoms with van der Waals surface area (Å²) < 4.78 is 5.48. The van der Waals surface area contributed by atoms with Crippen molar-refractivity contribution in [1.29, 1.82) is 0 Å². The van der Waals surface area contributed by atoms with Crippen molar-refractivity contribution in [2.45, 2.75) is 398 Å². The number of amides is 1. The van der Waals surface area contributed by atoms with E-state index in [9.17, 15) is 19.8 Å². The van der Waals surface area contributed by atoms with Gasteiger partial charge in [-0.15, -0.1) is 0 Å². The molecule has 0 aliphatic carbocycles. The first kappa shape index (κ1) is 74.3. The van der Waals surface area contributed by atoms with Gasteiger partial charge in [-0.25, -0.2) is 0 Å². The smallest absolute Gasteiger partial charge is 0.305 e. The minimum Gasteiger partial charge on any atom is -0.466 e. The molecule has 0 heterocycles. The Morgan fingerprint density at radius 3 is 0.934 bits per heavy atom. The molecule has 450 valence electrons. The summed E-state index contributed by atoms with van der Waals surface area (Å²) in [7, 11) is 0. The van der Waals surface area contributed by atoms with Crippen molar-refractivity contribution < 1.29 is 24.5 Å². The molecule has 1 amide bonds. The van der Waals surface area contributed by atoms with Crippen molar-refractivity contribution in [2.24, 2.45) is 0 Å². The molecule has 0 saturated carbocycles. The van der Waals surface area contributed by atoms with E-state index < -0.39 is 12.1 Å². The molecular formula is C70H135NO5. The van der Waals surface area contributed by atoms with Crippen molar-refractivity contribution in [2.75, 3.05) is 13.2 Å². The zero-order chi connectivity index (χ0) is 55.0. The van der Waals surface area contributed by atoms with Gasteiger partial charge in [0, 0.05) is 12.8 Å². The van der Waals surface area contributed by atoms with Gasteiger partial charge in [-0.05, 0) is 77.0 Å². The van der Waals surface area contributed by atoms with Gasteiger partial charge in [0.15, 0.2) is 0 Å². The lowest BCUT2D eigenvalue weighted by Crippen LogP contribution is -2.45. The molecule has 0 spiro atoms. The average Bonchev–Trinajstić information content (AvgIpc) is 3.42. The van der Waals surface area contributed by atoms with Gasteiger partial charge in [-0.2, -0.15) is 0 Å². The van der Waals surface area contributed by atoms with Crippen LogP contribution in [0.15, 0.2) is 24.3 Å². The highest BCUT2D eigenvalue weighted by molar-refractivity contribution is 5.76. The first-order valence-electron chi connectivity index (χ1n) is 34.6. The van der Waals surface area contributed by atoms with Gasteiger partial charge in [-0.1, -0.05) is 321 Å². The van der Waals surface area contributed by atoms with Crippen molar-refractivity contribution in [3.05, 3.63) is 24.3 Å². The Morgan fingerprint density at radius 1 is 0.355 bits per heavy atom. The monoisotopic (exact) mass is 1070 g/mol. The molecule has 0 radical (unpaired) electrons. The van der Waals surface area contributed by atoms with E-state index in [0.29, 0.717) is 25.9 Å². The number of unbranched alkanes of at least 4 members (excludes halogenated alkanes) is 50. The number of ether oxygens (including phenoxy) is 1. The lowest BCUT2D eigenvalue weighted by molar-refractivity contribution is -0.143. The molecule has 0 aromatic carbocycles. The summed E-state index contributed by atoms with van der Waals surface area (Å²) in [6.07, 6.45) is 82.2. The fourth-order valence-corrected chi connectivity index (χ4v) is 10.9. The predicted octanol–water partition coefficient (Wildman–Crippen LogP) is 22.1. The number of aliphatic hydroxyl groups is 2. The number of carbonyl (C=O) groups is 2. The summed E-state index contributed by atoms with van der Waals surface area (Å²) >= 11 is 0. The van der Waals surface area contributed by atoms with E-state index in [4.69, 9.17) is 4.74 Å². The fourth-order valence-electron chi connectivity index (χ4n) is 10.9. The molecule has 2 atom stereocenters. The average molecular weight is 1070 g/mol. The number of hydrogen-bond acceptors (Lipinski definition) is 5. The highest BCUT2D eigenvalue weighted by Gasteiger charge is 2.20. The third kappa shape index (κ3) is 61.6. The molecule has 0 aliphatic rings. The third-order valence-electron chi connectivity index (χ3n) is 16.2. The molecule has 6 heteroatoms. The minimum absolute atomic E-state index is 0.00720. The van der Waals surface area contributed by atoms with Crippen LogP contribution in [0.3, 0.4) is 0 Å². The summed E-state index contributed by atoms with van der Waals surface area (Å²) in [5, 5.41) is 23.4. The standard InChI is InChI=1S/C70H135NO5/c1-3-5-7-9-11-13-15-17-19-20-32-35-38-42-46-50-54-58-62-68(73)67(66-72)71-69(74)63-59-55-51-47-43-39-36-33-30-28-26-24-22-21-23-25-27-29-31-34-37-41-45-49-53-57-61-65-76-70(75)64-60-56-52-48-44-40-18-16-14-12-10-8-6-4-2/h16,18,21-22,67-68,72-73H,3-15,17,19-20,23-66H2,1-2H3,(H,71,74)/b18-16-,22-21-. The van der Waals surface area contributed by atoms with Gasteiger partial charge >= 0.3 is 5.97 Å². The largest absolute Gasteiger partial charge is 0.466 e. The predicted molar refractivity (Wildman–Crippen MR) is 333 cm³/mol. The van der Waals surface area contributed by atoms with Gasteiger partial charge in [0.05, 0.1) is 25.4 Å². The SMILES string of the molecule is CCCCCCC/C=C\CCCCCCCC(=O)OCCCCCCCCCCCCCC/C=C\CCCCCCCCCCCCCC(=O)NC(CO)C(O)CCCCCCCCCCCCCCCCCCCC. The number of rotatable bonds is 65. The molecule has 0 bridgehead atoms. The first-order chi connectivity index (χ1) is 37.5. The molecule has 0 fully saturated rings. The zero-order valence-electron chi connectivity index (χ0n) is 51.5.